The van der Waals surface area contributed by atoms with E-state index in [0.717, 1.165) is 6.42 Å². The number of fused-ring (bicyclic) bond motifs is 4. The summed E-state index contributed by atoms with van der Waals surface area (Å²) in [4.78, 5) is 38.9. The highest BCUT2D eigenvalue weighted by Crippen LogP contribution is 2.35. The first-order valence-electron chi connectivity index (χ1n) is 9.02. The maximum atomic E-state index is 12.6. The maximum Gasteiger partial charge on any atom is 0.439 e. The summed E-state index contributed by atoms with van der Waals surface area (Å²) in [6.07, 6.45) is 1.88. The SMILES string of the molecule is CC(C)(C)OC(=O)N1N=C2C(=C[C@@H]3CC[C@H]2N3C(=O)OC(C)(C)C)NC1=O. The molecule has 0 aromatic heterocycles. The van der Waals surface area contributed by atoms with Crippen LogP contribution in [0, 0.1) is 0 Å². The molecule has 27 heavy (non-hydrogen) atoms. The van der Waals surface area contributed by atoms with Gasteiger partial charge in [-0.3, -0.25) is 4.90 Å². The summed E-state index contributed by atoms with van der Waals surface area (Å²) in [5.41, 5.74) is -0.389. The van der Waals surface area contributed by atoms with Gasteiger partial charge >= 0.3 is 18.2 Å². The first-order valence-corrected chi connectivity index (χ1v) is 9.02. The molecule has 3 aliphatic heterocycles. The molecular weight excluding hydrogens is 352 g/mol. The third-order valence-electron chi connectivity index (χ3n) is 4.19. The van der Waals surface area contributed by atoms with Crippen molar-refractivity contribution in [2.75, 3.05) is 0 Å². The van der Waals surface area contributed by atoms with E-state index < -0.39 is 29.4 Å². The molecule has 0 aliphatic carbocycles. The van der Waals surface area contributed by atoms with E-state index in [9.17, 15) is 14.4 Å². The number of hydrazone groups is 1. The number of nitrogens with one attached hydrogen (secondary N) is 1. The van der Waals surface area contributed by atoms with Gasteiger partial charge in [0.15, 0.2) is 0 Å². The van der Waals surface area contributed by atoms with Crippen molar-refractivity contribution in [2.24, 2.45) is 5.10 Å². The third-order valence-corrected chi connectivity index (χ3v) is 4.19. The monoisotopic (exact) mass is 378 g/mol. The lowest BCUT2D eigenvalue weighted by Crippen LogP contribution is -2.56. The fourth-order valence-electron chi connectivity index (χ4n) is 3.28. The Kier molecular flexibility index (Phi) is 4.44. The average Bonchev–Trinajstić information content (AvgIpc) is 2.79. The summed E-state index contributed by atoms with van der Waals surface area (Å²) in [6.45, 7) is 10.5. The highest BCUT2D eigenvalue weighted by molar-refractivity contribution is 6.12. The van der Waals surface area contributed by atoms with Crippen LogP contribution in [0.1, 0.15) is 54.4 Å². The molecule has 3 heterocycles. The second-order valence-corrected chi connectivity index (χ2v) is 8.84. The summed E-state index contributed by atoms with van der Waals surface area (Å²) >= 11 is 0. The zero-order chi connectivity index (χ0) is 20.1. The van der Waals surface area contributed by atoms with E-state index in [1.54, 1.807) is 52.5 Å². The molecule has 148 valence electrons. The fourth-order valence-corrected chi connectivity index (χ4v) is 3.28. The molecule has 9 heteroatoms. The molecule has 1 N–H and O–H groups in total. The Morgan fingerprint density at radius 3 is 2.26 bits per heavy atom. The van der Waals surface area contributed by atoms with E-state index in [-0.39, 0.29) is 12.1 Å². The van der Waals surface area contributed by atoms with Crippen molar-refractivity contribution >= 4 is 23.9 Å². The van der Waals surface area contributed by atoms with Gasteiger partial charge in [0.2, 0.25) is 0 Å². The van der Waals surface area contributed by atoms with Gasteiger partial charge in [-0.1, -0.05) is 0 Å². The molecule has 0 saturated carbocycles. The lowest BCUT2D eigenvalue weighted by Gasteiger charge is -2.38. The van der Waals surface area contributed by atoms with Crippen molar-refractivity contribution in [3.63, 3.8) is 0 Å². The molecule has 3 rings (SSSR count). The van der Waals surface area contributed by atoms with E-state index in [2.05, 4.69) is 10.4 Å². The van der Waals surface area contributed by atoms with Gasteiger partial charge in [0.1, 0.15) is 16.9 Å². The minimum Gasteiger partial charge on any atom is -0.444 e. The summed E-state index contributed by atoms with van der Waals surface area (Å²) < 4.78 is 10.8. The van der Waals surface area contributed by atoms with Gasteiger partial charge in [-0.15, -0.1) is 5.01 Å². The molecule has 9 nitrogen and oxygen atoms in total. The van der Waals surface area contributed by atoms with Crippen LogP contribution in [0.15, 0.2) is 16.9 Å². The van der Waals surface area contributed by atoms with Crippen LogP contribution in [0.4, 0.5) is 14.4 Å². The Morgan fingerprint density at radius 2 is 1.67 bits per heavy atom. The molecule has 1 fully saturated rings. The number of hydrogen-bond donors (Lipinski definition) is 1. The number of amides is 4. The maximum absolute atomic E-state index is 12.6. The highest BCUT2D eigenvalue weighted by atomic mass is 16.6. The molecule has 0 spiro atoms. The fraction of sp³-hybridized carbons (Fsp3) is 0.667. The van der Waals surface area contributed by atoms with Gasteiger partial charge in [0.25, 0.3) is 0 Å². The van der Waals surface area contributed by atoms with E-state index >= 15 is 0 Å². The molecule has 0 unspecified atom stereocenters. The van der Waals surface area contributed by atoms with E-state index in [1.165, 1.54) is 0 Å². The first kappa shape index (κ1) is 19.2. The Bertz CT molecular complexity index is 744. The van der Waals surface area contributed by atoms with Crippen LogP contribution in [-0.4, -0.2) is 57.1 Å². The zero-order valence-electron chi connectivity index (χ0n) is 16.5. The van der Waals surface area contributed by atoms with Gasteiger partial charge in [-0.05, 0) is 60.5 Å². The minimum absolute atomic E-state index is 0.174. The Balaban J connectivity index is 1.88. The van der Waals surface area contributed by atoms with Gasteiger partial charge in [-0.2, -0.15) is 5.10 Å². The van der Waals surface area contributed by atoms with Crippen molar-refractivity contribution in [3.8, 4) is 0 Å². The van der Waals surface area contributed by atoms with Crippen LogP contribution in [0.25, 0.3) is 0 Å². The van der Waals surface area contributed by atoms with Gasteiger partial charge in [0, 0.05) is 0 Å². The molecule has 2 bridgehead atoms. The smallest absolute Gasteiger partial charge is 0.439 e. The van der Waals surface area contributed by atoms with Gasteiger partial charge in [0.05, 0.1) is 17.8 Å². The van der Waals surface area contributed by atoms with Crippen LogP contribution in [0.3, 0.4) is 0 Å². The number of carbonyl (C=O) groups excluding carboxylic acids is 3. The van der Waals surface area contributed by atoms with Crippen molar-refractivity contribution in [1.82, 2.24) is 15.2 Å². The molecule has 1 saturated heterocycles. The largest absolute Gasteiger partial charge is 0.444 e. The number of nitrogens with zero attached hydrogens (tertiary/aromatic N) is 3. The molecule has 0 aromatic carbocycles. The molecule has 0 aromatic rings. The Morgan fingerprint density at radius 1 is 1.07 bits per heavy atom. The second-order valence-electron chi connectivity index (χ2n) is 8.84. The van der Waals surface area contributed by atoms with E-state index in [4.69, 9.17) is 9.47 Å². The zero-order valence-corrected chi connectivity index (χ0v) is 16.5. The normalized spacial score (nSPS) is 24.6. The number of urea groups is 1. The number of carbonyl (C=O) groups is 3. The summed E-state index contributed by atoms with van der Waals surface area (Å²) in [5, 5.41) is 7.57. The highest BCUT2D eigenvalue weighted by Gasteiger charge is 2.48. The third kappa shape index (κ3) is 3.91. The lowest BCUT2D eigenvalue weighted by molar-refractivity contribution is 0.0215. The average molecular weight is 378 g/mol. The van der Waals surface area contributed by atoms with E-state index in [0.29, 0.717) is 22.8 Å². The second kappa shape index (κ2) is 6.24. The van der Waals surface area contributed by atoms with Crippen LogP contribution in [-0.2, 0) is 9.47 Å². The molecule has 0 radical (unpaired) electrons. The Labute approximate surface area is 158 Å². The van der Waals surface area contributed by atoms with Crippen molar-refractivity contribution < 1.29 is 23.9 Å². The number of ether oxygens (including phenoxy) is 2. The predicted molar refractivity (Wildman–Crippen MR) is 97.0 cm³/mol. The Hall–Kier alpha value is -2.58. The predicted octanol–water partition coefficient (Wildman–Crippen LogP) is 2.97. The minimum atomic E-state index is -0.865. The van der Waals surface area contributed by atoms with Crippen LogP contribution >= 0.6 is 0 Å². The standard InChI is InChI=1S/C18H26N4O5/c1-17(2,3)26-15(24)21-10-7-8-12(21)13-11(9-10)19-14(23)22(20-13)16(25)27-18(4,5)6/h9-10,12H,7-8H2,1-6H3,(H,19,23)/t10-,12+/m0/s1. The van der Waals surface area contributed by atoms with Gasteiger partial charge in [-0.25, -0.2) is 14.4 Å². The van der Waals surface area contributed by atoms with Crippen molar-refractivity contribution in [1.29, 1.82) is 0 Å². The lowest BCUT2D eigenvalue weighted by atomic mass is 10.0. The number of hydrogen-bond acceptors (Lipinski definition) is 6. The number of imide groups is 1. The van der Waals surface area contributed by atoms with Crippen LogP contribution in [0.2, 0.25) is 0 Å². The first-order chi connectivity index (χ1) is 12.4. The number of rotatable bonds is 0. The summed E-state index contributed by atoms with van der Waals surface area (Å²) in [6, 6.07) is -1.22. The molecular formula is C18H26N4O5. The van der Waals surface area contributed by atoms with Gasteiger partial charge < -0.3 is 14.8 Å². The molecule has 2 atom stereocenters. The van der Waals surface area contributed by atoms with Crippen molar-refractivity contribution in [2.45, 2.75) is 77.7 Å². The molecule has 3 aliphatic rings. The van der Waals surface area contributed by atoms with Crippen LogP contribution < -0.4 is 5.32 Å². The van der Waals surface area contributed by atoms with E-state index in [1.807, 2.05) is 0 Å². The summed E-state index contributed by atoms with van der Waals surface area (Å²) in [5.74, 6) is 0. The summed E-state index contributed by atoms with van der Waals surface area (Å²) in [7, 11) is 0. The topological polar surface area (TPSA) is 101 Å². The quantitative estimate of drug-likeness (QED) is 0.698. The van der Waals surface area contributed by atoms with Crippen LogP contribution in [0.5, 0.6) is 0 Å². The molecule has 4 amide bonds. The van der Waals surface area contributed by atoms with Crippen molar-refractivity contribution in [3.05, 3.63) is 11.8 Å².